The third-order valence-corrected chi connectivity index (χ3v) is 3.97. The number of carbonyl (C=O) groups is 1. The number of fused-ring (bicyclic) bond motifs is 1. The average molecular weight is 291 g/mol. The molecule has 0 unspecified atom stereocenters. The van der Waals surface area contributed by atoms with Gasteiger partial charge in [0.1, 0.15) is 0 Å². The van der Waals surface area contributed by atoms with Crippen molar-refractivity contribution >= 4 is 22.5 Å². The van der Waals surface area contributed by atoms with E-state index in [4.69, 9.17) is 5.73 Å². The number of hydrogen-bond donors (Lipinski definition) is 1. The highest BCUT2D eigenvalue weighted by Gasteiger charge is 2.16. The molecule has 0 aliphatic rings. The number of amides is 1. The summed E-state index contributed by atoms with van der Waals surface area (Å²) in [5.41, 5.74) is 19.4. The van der Waals surface area contributed by atoms with Crippen LogP contribution in [-0.4, -0.2) is 10.5 Å². The highest BCUT2D eigenvalue weighted by atomic mass is 16.1. The van der Waals surface area contributed by atoms with Crippen molar-refractivity contribution in [2.24, 2.45) is 5.73 Å². The molecule has 0 aliphatic heterocycles. The average Bonchev–Trinajstić information content (AvgIpc) is 2.73. The minimum atomic E-state index is -0.370. The van der Waals surface area contributed by atoms with Gasteiger partial charge in [-0.25, -0.2) is 0 Å². The number of benzene rings is 2. The Hall–Kier alpha value is -2.75. The van der Waals surface area contributed by atoms with Crippen LogP contribution in [0.15, 0.2) is 48.5 Å². The van der Waals surface area contributed by atoms with E-state index in [1.54, 1.807) is 12.1 Å². The van der Waals surface area contributed by atoms with E-state index in [0.29, 0.717) is 6.54 Å². The predicted octanol–water partition coefficient (Wildman–Crippen LogP) is 2.73. The molecule has 2 N–H and O–H groups in total. The molecule has 110 valence electrons. The second-order valence-electron chi connectivity index (χ2n) is 5.48. The summed E-state index contributed by atoms with van der Waals surface area (Å²) in [5, 5.41) is 0.882. The van der Waals surface area contributed by atoms with Crippen molar-refractivity contribution in [3.05, 3.63) is 65.4 Å². The van der Waals surface area contributed by atoms with Gasteiger partial charge in [-0.05, 0) is 36.2 Å². The van der Waals surface area contributed by atoms with Gasteiger partial charge in [-0.2, -0.15) is 5.73 Å². The molecule has 1 amide bonds. The highest BCUT2D eigenvalue weighted by molar-refractivity contribution is 5.92. The van der Waals surface area contributed by atoms with Crippen molar-refractivity contribution in [1.29, 1.82) is 0 Å². The zero-order valence-electron chi connectivity index (χ0n) is 12.4. The summed E-state index contributed by atoms with van der Waals surface area (Å²) in [6, 6.07) is 15.4. The van der Waals surface area contributed by atoms with E-state index in [2.05, 4.69) is 16.7 Å². The monoisotopic (exact) mass is 291 g/mol. The molecule has 1 heterocycles. The molecule has 22 heavy (non-hydrogen) atoms. The third kappa shape index (κ3) is 2.55. The molecule has 2 radical (unpaired) electrons. The fourth-order valence-electron chi connectivity index (χ4n) is 2.91. The lowest BCUT2D eigenvalue weighted by molar-refractivity contribution is -0.117. The van der Waals surface area contributed by atoms with Crippen molar-refractivity contribution in [3.63, 3.8) is 0 Å². The minimum Gasteiger partial charge on any atom is -0.369 e. The van der Waals surface area contributed by atoms with Crippen LogP contribution >= 0.6 is 0 Å². The number of primary amides is 1. The van der Waals surface area contributed by atoms with Crippen LogP contribution in [0.2, 0.25) is 0 Å². The van der Waals surface area contributed by atoms with E-state index in [0.717, 1.165) is 22.2 Å². The summed E-state index contributed by atoms with van der Waals surface area (Å²) in [7, 11) is 0. The van der Waals surface area contributed by atoms with Crippen LogP contribution in [0.25, 0.3) is 10.9 Å². The fraction of sp³-hybridized carbons (Fsp3) is 0.167. The first-order valence-corrected chi connectivity index (χ1v) is 7.19. The summed E-state index contributed by atoms with van der Waals surface area (Å²) in [4.78, 5) is 11.4. The Morgan fingerprint density at radius 1 is 1.18 bits per heavy atom. The van der Waals surface area contributed by atoms with Gasteiger partial charge in [-0.3, -0.25) is 4.79 Å². The van der Waals surface area contributed by atoms with Gasteiger partial charge in [-0.15, -0.1) is 0 Å². The molecule has 4 nitrogen and oxygen atoms in total. The van der Waals surface area contributed by atoms with Gasteiger partial charge in [0.2, 0.25) is 5.91 Å². The zero-order valence-corrected chi connectivity index (χ0v) is 12.4. The summed E-state index contributed by atoms with van der Waals surface area (Å²) < 4.78 is 2.16. The SMILES string of the molecule is Cc1c(CC(N)=O)c2cc([N])ccc2n1Cc1ccccc1. The lowest BCUT2D eigenvalue weighted by Gasteiger charge is -2.09. The number of nitrogens with zero attached hydrogens (tertiary/aromatic N) is 2. The zero-order chi connectivity index (χ0) is 15.7. The van der Waals surface area contributed by atoms with Gasteiger partial charge in [-0.1, -0.05) is 30.3 Å². The summed E-state index contributed by atoms with van der Waals surface area (Å²) >= 11 is 0. The standard InChI is InChI=1S/C18H17N3O/c1-12-15(10-18(20)22)16-9-14(19)7-8-17(16)21(12)11-13-5-3-2-4-6-13/h2-9H,10-11H2,1H3,(H2,20,22). The minimum absolute atomic E-state index is 0.174. The van der Waals surface area contributed by atoms with Crippen molar-refractivity contribution in [2.75, 3.05) is 0 Å². The first-order chi connectivity index (χ1) is 10.6. The number of rotatable bonds is 4. The Morgan fingerprint density at radius 2 is 1.91 bits per heavy atom. The molecule has 0 saturated heterocycles. The second-order valence-corrected chi connectivity index (χ2v) is 5.48. The number of hydrogen-bond acceptors (Lipinski definition) is 1. The maximum absolute atomic E-state index is 11.4. The smallest absolute Gasteiger partial charge is 0.221 e. The van der Waals surface area contributed by atoms with E-state index < -0.39 is 0 Å². The summed E-state index contributed by atoms with van der Waals surface area (Å²) in [6.45, 7) is 2.70. The lowest BCUT2D eigenvalue weighted by Crippen LogP contribution is -2.14. The second kappa shape index (κ2) is 5.56. The molecule has 2 aromatic carbocycles. The Labute approximate surface area is 129 Å². The fourth-order valence-corrected chi connectivity index (χ4v) is 2.91. The first-order valence-electron chi connectivity index (χ1n) is 7.19. The molecule has 3 rings (SSSR count). The molecule has 0 fully saturated rings. The van der Waals surface area contributed by atoms with Gasteiger partial charge < -0.3 is 10.3 Å². The van der Waals surface area contributed by atoms with Crippen LogP contribution in [0.4, 0.5) is 5.69 Å². The summed E-state index contributed by atoms with van der Waals surface area (Å²) in [6.07, 6.45) is 0.174. The van der Waals surface area contributed by atoms with Gasteiger partial charge >= 0.3 is 0 Å². The molecule has 0 aliphatic carbocycles. The van der Waals surface area contributed by atoms with Crippen LogP contribution in [0.5, 0.6) is 0 Å². The quantitative estimate of drug-likeness (QED) is 0.789. The highest BCUT2D eigenvalue weighted by Crippen LogP contribution is 2.29. The van der Waals surface area contributed by atoms with E-state index in [-0.39, 0.29) is 18.0 Å². The van der Waals surface area contributed by atoms with Gasteiger partial charge in [0.25, 0.3) is 0 Å². The van der Waals surface area contributed by atoms with Crippen LogP contribution < -0.4 is 11.5 Å². The van der Waals surface area contributed by atoms with E-state index in [1.807, 2.05) is 31.2 Å². The Bertz CT molecular complexity index is 834. The van der Waals surface area contributed by atoms with Crippen LogP contribution in [0, 0.1) is 6.92 Å². The van der Waals surface area contributed by atoms with E-state index in [1.165, 1.54) is 5.56 Å². The number of nitrogens with two attached hydrogens (primary N) is 1. The molecule has 0 spiro atoms. The van der Waals surface area contributed by atoms with Crippen LogP contribution in [0.1, 0.15) is 16.8 Å². The lowest BCUT2D eigenvalue weighted by atomic mass is 10.1. The molecule has 0 atom stereocenters. The Balaban J connectivity index is 2.17. The van der Waals surface area contributed by atoms with E-state index >= 15 is 0 Å². The van der Waals surface area contributed by atoms with Crippen molar-refractivity contribution < 1.29 is 4.79 Å². The predicted molar refractivity (Wildman–Crippen MR) is 86.9 cm³/mol. The van der Waals surface area contributed by atoms with E-state index in [9.17, 15) is 10.5 Å². The molecule has 4 heteroatoms. The molecule has 0 bridgehead atoms. The first kappa shape index (κ1) is 14.2. The number of carbonyl (C=O) groups excluding carboxylic acids is 1. The maximum atomic E-state index is 11.4. The van der Waals surface area contributed by atoms with Crippen molar-refractivity contribution in [2.45, 2.75) is 19.9 Å². The van der Waals surface area contributed by atoms with Crippen LogP contribution in [0.3, 0.4) is 0 Å². The van der Waals surface area contributed by atoms with Crippen LogP contribution in [-0.2, 0) is 17.8 Å². The Kier molecular flexibility index (Phi) is 3.59. The number of aromatic nitrogens is 1. The van der Waals surface area contributed by atoms with Gasteiger partial charge in [0.15, 0.2) is 0 Å². The topological polar surface area (TPSA) is 70.3 Å². The third-order valence-electron chi connectivity index (χ3n) is 3.97. The normalized spacial score (nSPS) is 11.0. The Morgan fingerprint density at radius 3 is 2.59 bits per heavy atom. The molecular formula is C18H17N3O. The molecule has 1 aromatic heterocycles. The van der Waals surface area contributed by atoms with Gasteiger partial charge in [0, 0.05) is 23.1 Å². The van der Waals surface area contributed by atoms with Crippen molar-refractivity contribution in [3.8, 4) is 0 Å². The maximum Gasteiger partial charge on any atom is 0.221 e. The largest absolute Gasteiger partial charge is 0.369 e. The molecule has 3 aromatic rings. The molecular weight excluding hydrogens is 274 g/mol. The van der Waals surface area contributed by atoms with Gasteiger partial charge in [0.05, 0.1) is 12.1 Å². The summed E-state index contributed by atoms with van der Waals surface area (Å²) in [5.74, 6) is -0.370. The van der Waals surface area contributed by atoms with Crippen molar-refractivity contribution in [1.82, 2.24) is 10.3 Å². The molecule has 0 saturated carbocycles.